The van der Waals surface area contributed by atoms with Gasteiger partial charge in [-0.3, -0.25) is 19.5 Å². The molecule has 0 spiro atoms. The first-order chi connectivity index (χ1) is 9.56. The Morgan fingerprint density at radius 3 is 2.55 bits per heavy atom. The maximum atomic E-state index is 12.3. The molecule has 1 fully saturated rings. The van der Waals surface area contributed by atoms with Crippen molar-refractivity contribution in [3.8, 4) is 0 Å². The van der Waals surface area contributed by atoms with Crippen LogP contribution in [-0.2, 0) is 4.79 Å². The van der Waals surface area contributed by atoms with Crippen LogP contribution in [0.1, 0.15) is 22.3 Å². The third-order valence-corrected chi connectivity index (χ3v) is 3.42. The summed E-state index contributed by atoms with van der Waals surface area (Å²) in [7, 11) is 0. The first kappa shape index (κ1) is 14.5. The van der Waals surface area contributed by atoms with Gasteiger partial charge in [0.15, 0.2) is 0 Å². The summed E-state index contributed by atoms with van der Waals surface area (Å²) >= 11 is 0. The fraction of sp³-hybridized carbons (Fsp3) is 0.500. The van der Waals surface area contributed by atoms with E-state index in [4.69, 9.17) is 5.11 Å². The van der Waals surface area contributed by atoms with E-state index in [9.17, 15) is 9.59 Å². The number of carbonyl (C=O) groups excluding carboxylic acids is 1. The van der Waals surface area contributed by atoms with Crippen molar-refractivity contribution >= 4 is 11.9 Å². The fourth-order valence-corrected chi connectivity index (χ4v) is 2.28. The average Bonchev–Trinajstić information content (AvgIpc) is 2.45. The zero-order valence-electron chi connectivity index (χ0n) is 11.6. The van der Waals surface area contributed by atoms with E-state index in [0.717, 1.165) is 18.7 Å². The molecule has 0 radical (unpaired) electrons. The lowest BCUT2D eigenvalue weighted by Crippen LogP contribution is -2.49. The van der Waals surface area contributed by atoms with E-state index in [0.29, 0.717) is 25.2 Å². The second kappa shape index (κ2) is 6.47. The minimum Gasteiger partial charge on any atom is -0.481 e. The van der Waals surface area contributed by atoms with Crippen LogP contribution >= 0.6 is 0 Å². The number of rotatable bonds is 4. The van der Waals surface area contributed by atoms with Gasteiger partial charge >= 0.3 is 5.97 Å². The molecular formula is C14H19N3O3. The maximum absolute atomic E-state index is 12.3. The third-order valence-electron chi connectivity index (χ3n) is 3.42. The molecule has 1 amide bonds. The second-order valence-corrected chi connectivity index (χ2v) is 5.03. The maximum Gasteiger partial charge on any atom is 0.304 e. The molecule has 108 valence electrons. The number of carboxylic acid groups (broad SMARTS) is 1. The van der Waals surface area contributed by atoms with Crippen LogP contribution in [0, 0.1) is 6.92 Å². The van der Waals surface area contributed by atoms with Crippen molar-refractivity contribution < 1.29 is 14.7 Å². The van der Waals surface area contributed by atoms with Gasteiger partial charge < -0.3 is 10.0 Å². The van der Waals surface area contributed by atoms with Gasteiger partial charge in [0, 0.05) is 45.1 Å². The minimum atomic E-state index is -0.783. The van der Waals surface area contributed by atoms with Crippen LogP contribution in [0.2, 0.25) is 0 Å². The van der Waals surface area contributed by atoms with Gasteiger partial charge in [-0.05, 0) is 18.6 Å². The SMILES string of the molecule is Cc1cncc(C(=O)N2CCN(CCC(=O)O)CC2)c1. The Morgan fingerprint density at radius 1 is 1.25 bits per heavy atom. The number of piperazine rings is 1. The van der Waals surface area contributed by atoms with Crippen LogP contribution in [0.15, 0.2) is 18.5 Å². The Morgan fingerprint density at radius 2 is 1.95 bits per heavy atom. The number of hydrogen-bond donors (Lipinski definition) is 1. The molecule has 1 aliphatic heterocycles. The lowest BCUT2D eigenvalue weighted by atomic mass is 10.2. The Labute approximate surface area is 118 Å². The van der Waals surface area contributed by atoms with Crippen molar-refractivity contribution in [3.05, 3.63) is 29.6 Å². The van der Waals surface area contributed by atoms with Crippen molar-refractivity contribution in [2.24, 2.45) is 0 Å². The van der Waals surface area contributed by atoms with Gasteiger partial charge in [-0.1, -0.05) is 0 Å². The molecule has 1 aromatic rings. The van der Waals surface area contributed by atoms with E-state index in [1.54, 1.807) is 17.3 Å². The third kappa shape index (κ3) is 3.77. The van der Waals surface area contributed by atoms with Gasteiger partial charge in [-0.25, -0.2) is 0 Å². The molecule has 1 aliphatic rings. The summed E-state index contributed by atoms with van der Waals surface area (Å²) in [4.78, 5) is 30.7. The van der Waals surface area contributed by atoms with Crippen molar-refractivity contribution in [3.63, 3.8) is 0 Å². The number of hydrogen-bond acceptors (Lipinski definition) is 4. The van der Waals surface area contributed by atoms with Gasteiger partial charge in [0.2, 0.25) is 0 Å². The Kier molecular flexibility index (Phi) is 4.68. The van der Waals surface area contributed by atoms with E-state index in [-0.39, 0.29) is 12.3 Å². The molecule has 6 nitrogen and oxygen atoms in total. The lowest BCUT2D eigenvalue weighted by Gasteiger charge is -2.34. The summed E-state index contributed by atoms with van der Waals surface area (Å²) in [5.41, 5.74) is 1.58. The lowest BCUT2D eigenvalue weighted by molar-refractivity contribution is -0.137. The molecule has 0 saturated carbocycles. The summed E-state index contributed by atoms with van der Waals surface area (Å²) in [5.74, 6) is -0.784. The Bertz CT molecular complexity index is 496. The molecule has 0 aromatic carbocycles. The first-order valence-electron chi connectivity index (χ1n) is 6.71. The number of pyridine rings is 1. The summed E-state index contributed by atoms with van der Waals surface area (Å²) in [6.45, 7) is 5.16. The van der Waals surface area contributed by atoms with Crippen LogP contribution < -0.4 is 0 Å². The molecule has 2 heterocycles. The summed E-state index contributed by atoms with van der Waals surface area (Å²) in [5, 5.41) is 8.66. The molecular weight excluding hydrogens is 258 g/mol. The first-order valence-corrected chi connectivity index (χ1v) is 6.71. The average molecular weight is 277 g/mol. The Hall–Kier alpha value is -1.95. The van der Waals surface area contributed by atoms with Crippen molar-refractivity contribution in [2.45, 2.75) is 13.3 Å². The summed E-state index contributed by atoms with van der Waals surface area (Å²) < 4.78 is 0. The van der Waals surface area contributed by atoms with Crippen LogP contribution in [-0.4, -0.2) is 64.5 Å². The van der Waals surface area contributed by atoms with Crippen LogP contribution in [0.5, 0.6) is 0 Å². The molecule has 6 heteroatoms. The van der Waals surface area contributed by atoms with E-state index in [2.05, 4.69) is 9.88 Å². The molecule has 1 saturated heterocycles. The zero-order chi connectivity index (χ0) is 14.5. The molecule has 0 atom stereocenters. The number of aromatic nitrogens is 1. The topological polar surface area (TPSA) is 73.7 Å². The number of amides is 1. The van der Waals surface area contributed by atoms with E-state index in [1.165, 1.54) is 0 Å². The largest absolute Gasteiger partial charge is 0.481 e. The highest BCUT2D eigenvalue weighted by Crippen LogP contribution is 2.09. The predicted octanol–water partition coefficient (Wildman–Crippen LogP) is 0.623. The highest BCUT2D eigenvalue weighted by atomic mass is 16.4. The Balaban J connectivity index is 1.87. The van der Waals surface area contributed by atoms with Gasteiger partial charge in [0.05, 0.1) is 12.0 Å². The monoisotopic (exact) mass is 277 g/mol. The summed E-state index contributed by atoms with van der Waals surface area (Å²) in [6.07, 6.45) is 3.46. The number of carbonyl (C=O) groups is 2. The minimum absolute atomic E-state index is 0.000848. The zero-order valence-corrected chi connectivity index (χ0v) is 11.6. The molecule has 0 bridgehead atoms. The van der Waals surface area contributed by atoms with E-state index in [1.807, 2.05) is 13.0 Å². The van der Waals surface area contributed by atoms with Crippen LogP contribution in [0.4, 0.5) is 0 Å². The highest BCUT2D eigenvalue weighted by Gasteiger charge is 2.22. The molecule has 1 aromatic heterocycles. The van der Waals surface area contributed by atoms with E-state index >= 15 is 0 Å². The van der Waals surface area contributed by atoms with Gasteiger partial charge in [-0.2, -0.15) is 0 Å². The normalized spacial score (nSPS) is 16.1. The molecule has 0 unspecified atom stereocenters. The second-order valence-electron chi connectivity index (χ2n) is 5.03. The van der Waals surface area contributed by atoms with Crippen LogP contribution in [0.25, 0.3) is 0 Å². The number of nitrogens with zero attached hydrogens (tertiary/aromatic N) is 3. The molecule has 2 rings (SSSR count). The van der Waals surface area contributed by atoms with Crippen molar-refractivity contribution in [1.82, 2.24) is 14.8 Å². The van der Waals surface area contributed by atoms with Gasteiger partial charge in [0.25, 0.3) is 5.91 Å². The fourth-order valence-electron chi connectivity index (χ4n) is 2.28. The van der Waals surface area contributed by atoms with Crippen molar-refractivity contribution in [2.75, 3.05) is 32.7 Å². The quantitative estimate of drug-likeness (QED) is 0.873. The summed E-state index contributed by atoms with van der Waals surface area (Å²) in [6, 6.07) is 1.84. The molecule has 20 heavy (non-hydrogen) atoms. The number of carboxylic acids is 1. The number of aliphatic carboxylic acids is 1. The standard InChI is InChI=1S/C14H19N3O3/c1-11-8-12(10-15-9-11)14(20)17-6-4-16(5-7-17)3-2-13(18)19/h8-10H,2-7H2,1H3,(H,18,19). The number of aryl methyl sites for hydroxylation is 1. The van der Waals surface area contributed by atoms with Crippen LogP contribution in [0.3, 0.4) is 0 Å². The van der Waals surface area contributed by atoms with Gasteiger partial charge in [-0.15, -0.1) is 0 Å². The predicted molar refractivity (Wildman–Crippen MR) is 73.6 cm³/mol. The van der Waals surface area contributed by atoms with E-state index < -0.39 is 5.97 Å². The molecule has 1 N–H and O–H groups in total. The van der Waals surface area contributed by atoms with Crippen molar-refractivity contribution in [1.29, 1.82) is 0 Å². The highest BCUT2D eigenvalue weighted by molar-refractivity contribution is 5.94. The smallest absolute Gasteiger partial charge is 0.304 e. The molecule has 0 aliphatic carbocycles. The van der Waals surface area contributed by atoms with Gasteiger partial charge in [0.1, 0.15) is 0 Å².